The van der Waals surface area contributed by atoms with E-state index in [0.717, 1.165) is 22.1 Å². The van der Waals surface area contributed by atoms with Gasteiger partial charge in [0.15, 0.2) is 0 Å². The standard InChI is InChI=1S/C15H15NOS/c1-3-9-16(10-4-2)15(17)13-11-18-14-8-6-5-7-12(13)14/h1,5-8,11H,4,9-10H2,2H3. The normalized spacial score (nSPS) is 10.2. The molecule has 0 bridgehead atoms. The third kappa shape index (κ3) is 2.39. The summed E-state index contributed by atoms with van der Waals surface area (Å²) in [4.78, 5) is 14.2. The summed E-state index contributed by atoms with van der Waals surface area (Å²) >= 11 is 1.60. The van der Waals surface area contributed by atoms with E-state index < -0.39 is 0 Å². The summed E-state index contributed by atoms with van der Waals surface area (Å²) in [5.74, 6) is 2.59. The molecule has 0 aliphatic carbocycles. The van der Waals surface area contributed by atoms with Gasteiger partial charge in [-0.25, -0.2) is 0 Å². The third-order valence-electron chi connectivity index (χ3n) is 2.77. The van der Waals surface area contributed by atoms with Crippen LogP contribution in [0, 0.1) is 12.3 Å². The number of hydrogen-bond donors (Lipinski definition) is 0. The minimum absolute atomic E-state index is 0.0345. The molecule has 2 rings (SSSR count). The zero-order chi connectivity index (χ0) is 13.0. The van der Waals surface area contributed by atoms with Gasteiger partial charge in [-0.3, -0.25) is 4.79 Å². The maximum Gasteiger partial charge on any atom is 0.256 e. The smallest absolute Gasteiger partial charge is 0.256 e. The molecule has 1 amide bonds. The number of thiophene rings is 1. The van der Waals surface area contributed by atoms with Gasteiger partial charge in [0.05, 0.1) is 12.1 Å². The van der Waals surface area contributed by atoms with Gasteiger partial charge in [0, 0.05) is 22.0 Å². The fraction of sp³-hybridized carbons (Fsp3) is 0.267. The summed E-state index contributed by atoms with van der Waals surface area (Å²) in [6, 6.07) is 7.96. The second kappa shape index (κ2) is 5.70. The topological polar surface area (TPSA) is 20.3 Å². The zero-order valence-corrected chi connectivity index (χ0v) is 11.2. The van der Waals surface area contributed by atoms with E-state index >= 15 is 0 Å². The average Bonchev–Trinajstić information content (AvgIpc) is 2.81. The number of amides is 1. The summed E-state index contributed by atoms with van der Waals surface area (Å²) in [6.07, 6.45) is 6.23. The first-order valence-electron chi connectivity index (χ1n) is 5.97. The number of benzene rings is 1. The molecule has 1 aromatic heterocycles. The van der Waals surface area contributed by atoms with Crippen molar-refractivity contribution in [2.45, 2.75) is 13.3 Å². The monoisotopic (exact) mass is 257 g/mol. The Morgan fingerprint density at radius 2 is 2.22 bits per heavy atom. The molecule has 0 radical (unpaired) electrons. The highest BCUT2D eigenvalue weighted by Crippen LogP contribution is 2.26. The molecule has 1 aromatic carbocycles. The van der Waals surface area contributed by atoms with Gasteiger partial charge in [-0.2, -0.15) is 0 Å². The Morgan fingerprint density at radius 3 is 2.94 bits per heavy atom. The van der Waals surface area contributed by atoms with Crippen molar-refractivity contribution in [1.29, 1.82) is 0 Å². The van der Waals surface area contributed by atoms with Gasteiger partial charge >= 0.3 is 0 Å². The molecule has 0 spiro atoms. The van der Waals surface area contributed by atoms with Crippen molar-refractivity contribution in [2.75, 3.05) is 13.1 Å². The fourth-order valence-corrected chi connectivity index (χ4v) is 2.88. The van der Waals surface area contributed by atoms with E-state index in [4.69, 9.17) is 6.42 Å². The zero-order valence-electron chi connectivity index (χ0n) is 10.3. The molecule has 0 N–H and O–H groups in total. The lowest BCUT2D eigenvalue weighted by Gasteiger charge is -2.18. The number of nitrogens with zero attached hydrogens (tertiary/aromatic N) is 1. The molecular weight excluding hydrogens is 242 g/mol. The van der Waals surface area contributed by atoms with Crippen LogP contribution < -0.4 is 0 Å². The summed E-state index contributed by atoms with van der Waals surface area (Å²) < 4.78 is 1.14. The molecule has 2 aromatic rings. The number of hydrogen-bond acceptors (Lipinski definition) is 2. The van der Waals surface area contributed by atoms with Crippen LogP contribution in [-0.2, 0) is 0 Å². The van der Waals surface area contributed by atoms with E-state index in [2.05, 4.69) is 5.92 Å². The van der Waals surface area contributed by atoms with E-state index in [9.17, 15) is 4.79 Å². The Labute approximate surface area is 111 Å². The second-order valence-electron chi connectivity index (χ2n) is 4.08. The first-order chi connectivity index (χ1) is 8.77. The maximum absolute atomic E-state index is 12.4. The number of carbonyl (C=O) groups is 1. The fourth-order valence-electron chi connectivity index (χ4n) is 1.95. The maximum atomic E-state index is 12.4. The number of terminal acetylenes is 1. The lowest BCUT2D eigenvalue weighted by molar-refractivity contribution is 0.0779. The highest BCUT2D eigenvalue weighted by atomic mass is 32.1. The Morgan fingerprint density at radius 1 is 1.44 bits per heavy atom. The van der Waals surface area contributed by atoms with Crippen LogP contribution in [0.15, 0.2) is 29.6 Å². The van der Waals surface area contributed by atoms with E-state index in [-0.39, 0.29) is 5.91 Å². The van der Waals surface area contributed by atoms with Crippen molar-refractivity contribution >= 4 is 27.3 Å². The molecule has 3 heteroatoms. The van der Waals surface area contributed by atoms with E-state index in [1.165, 1.54) is 0 Å². The molecular formula is C15H15NOS. The van der Waals surface area contributed by atoms with Crippen LogP contribution in [0.1, 0.15) is 23.7 Å². The van der Waals surface area contributed by atoms with Gasteiger partial charge in [-0.1, -0.05) is 31.0 Å². The largest absolute Gasteiger partial charge is 0.327 e. The summed E-state index contributed by atoms with van der Waals surface area (Å²) in [5, 5.41) is 2.94. The predicted molar refractivity (Wildman–Crippen MR) is 76.9 cm³/mol. The molecule has 18 heavy (non-hydrogen) atoms. The van der Waals surface area contributed by atoms with E-state index in [1.807, 2.05) is 36.6 Å². The van der Waals surface area contributed by atoms with Crippen molar-refractivity contribution in [3.63, 3.8) is 0 Å². The van der Waals surface area contributed by atoms with Crippen LogP contribution >= 0.6 is 11.3 Å². The second-order valence-corrected chi connectivity index (χ2v) is 4.99. The average molecular weight is 257 g/mol. The predicted octanol–water partition coefficient (Wildman–Crippen LogP) is 3.39. The molecule has 1 heterocycles. The van der Waals surface area contributed by atoms with Gasteiger partial charge < -0.3 is 4.90 Å². The van der Waals surface area contributed by atoms with Crippen LogP contribution in [0.5, 0.6) is 0 Å². The van der Waals surface area contributed by atoms with Crippen molar-refractivity contribution < 1.29 is 4.79 Å². The van der Waals surface area contributed by atoms with Crippen molar-refractivity contribution in [2.24, 2.45) is 0 Å². The SMILES string of the molecule is C#CCN(CCC)C(=O)c1csc2ccccc12. The highest BCUT2D eigenvalue weighted by Gasteiger charge is 2.17. The van der Waals surface area contributed by atoms with Crippen LogP contribution in [-0.4, -0.2) is 23.9 Å². The first-order valence-corrected chi connectivity index (χ1v) is 6.85. The molecule has 92 valence electrons. The molecule has 2 nitrogen and oxygen atoms in total. The summed E-state index contributed by atoms with van der Waals surface area (Å²) in [6.45, 7) is 3.12. The number of rotatable bonds is 4. The Balaban J connectivity index is 2.35. The molecule has 0 aliphatic rings. The molecule has 0 aliphatic heterocycles. The van der Waals surface area contributed by atoms with Gasteiger partial charge in [0.25, 0.3) is 5.91 Å². The van der Waals surface area contributed by atoms with Crippen molar-refractivity contribution in [3.05, 3.63) is 35.2 Å². The first kappa shape index (κ1) is 12.7. The van der Waals surface area contributed by atoms with Crippen LogP contribution in [0.2, 0.25) is 0 Å². The summed E-state index contributed by atoms with van der Waals surface area (Å²) in [7, 11) is 0. The van der Waals surface area contributed by atoms with Crippen molar-refractivity contribution in [1.82, 2.24) is 4.90 Å². The molecule has 0 unspecified atom stereocenters. The Bertz CT molecular complexity index is 594. The molecule has 0 atom stereocenters. The third-order valence-corrected chi connectivity index (χ3v) is 3.74. The quantitative estimate of drug-likeness (QED) is 0.769. The highest BCUT2D eigenvalue weighted by molar-refractivity contribution is 7.17. The Kier molecular flexibility index (Phi) is 4.01. The van der Waals surface area contributed by atoms with Gasteiger partial charge in [0.2, 0.25) is 0 Å². The van der Waals surface area contributed by atoms with Gasteiger partial charge in [-0.05, 0) is 12.5 Å². The molecule has 0 saturated carbocycles. The lowest BCUT2D eigenvalue weighted by atomic mass is 10.1. The molecule has 0 saturated heterocycles. The minimum atomic E-state index is 0.0345. The number of fused-ring (bicyclic) bond motifs is 1. The minimum Gasteiger partial charge on any atom is -0.327 e. The van der Waals surface area contributed by atoms with Crippen LogP contribution in [0.3, 0.4) is 0 Å². The van der Waals surface area contributed by atoms with E-state index in [0.29, 0.717) is 13.1 Å². The molecule has 0 fully saturated rings. The van der Waals surface area contributed by atoms with Gasteiger partial charge in [-0.15, -0.1) is 17.8 Å². The van der Waals surface area contributed by atoms with Crippen LogP contribution in [0.25, 0.3) is 10.1 Å². The van der Waals surface area contributed by atoms with Gasteiger partial charge in [0.1, 0.15) is 0 Å². The number of carbonyl (C=O) groups excluding carboxylic acids is 1. The van der Waals surface area contributed by atoms with E-state index in [1.54, 1.807) is 16.2 Å². The Hall–Kier alpha value is -1.79. The lowest BCUT2D eigenvalue weighted by Crippen LogP contribution is -2.31. The van der Waals surface area contributed by atoms with Crippen LogP contribution in [0.4, 0.5) is 0 Å². The van der Waals surface area contributed by atoms with Crippen molar-refractivity contribution in [3.8, 4) is 12.3 Å². The summed E-state index contributed by atoms with van der Waals surface area (Å²) in [5.41, 5.74) is 0.763.